The molecule has 0 atom stereocenters. The Hall–Kier alpha value is -1.08. The lowest BCUT2D eigenvalue weighted by molar-refractivity contribution is -0.144. The third-order valence-corrected chi connectivity index (χ3v) is 3.17. The molecule has 0 aromatic heterocycles. The zero-order valence-electron chi connectivity index (χ0n) is 13.0. The van der Waals surface area contributed by atoms with Crippen molar-refractivity contribution in [3.8, 4) is 6.07 Å². The molecule has 0 aromatic carbocycles. The summed E-state index contributed by atoms with van der Waals surface area (Å²) in [5, 5.41) is 8.95. The predicted octanol–water partition coefficient (Wildman–Crippen LogP) is 2.98. The van der Waals surface area contributed by atoms with E-state index in [1.54, 1.807) is 0 Å². The molecule has 0 bridgehead atoms. The molecule has 19 heavy (non-hydrogen) atoms. The maximum absolute atomic E-state index is 11.5. The van der Waals surface area contributed by atoms with Gasteiger partial charge in [-0.2, -0.15) is 5.26 Å². The first-order valence-corrected chi connectivity index (χ1v) is 7.13. The summed E-state index contributed by atoms with van der Waals surface area (Å²) in [6, 6.07) is 2.64. The van der Waals surface area contributed by atoms with Crippen molar-refractivity contribution in [2.45, 2.75) is 59.9 Å². The van der Waals surface area contributed by atoms with Crippen LogP contribution in [0.4, 0.5) is 0 Å². The molecule has 0 aliphatic rings. The number of carbonyl (C=O) groups is 1. The third kappa shape index (κ3) is 8.61. The molecule has 0 heterocycles. The van der Waals surface area contributed by atoms with Gasteiger partial charge >= 0.3 is 5.97 Å². The highest BCUT2D eigenvalue weighted by atomic mass is 16.5. The number of ether oxygens (including phenoxy) is 1. The second-order valence-electron chi connectivity index (χ2n) is 5.82. The lowest BCUT2D eigenvalue weighted by atomic mass is 9.89. The second kappa shape index (κ2) is 8.92. The highest BCUT2D eigenvalue weighted by Gasteiger charge is 2.17. The van der Waals surface area contributed by atoms with Gasteiger partial charge in [-0.15, -0.1) is 0 Å². The number of hydrogen-bond donors (Lipinski definition) is 0. The summed E-state index contributed by atoms with van der Waals surface area (Å²) in [7, 11) is 0. The number of carbonyl (C=O) groups excluding carboxylic acids is 1. The van der Waals surface area contributed by atoms with E-state index in [0.29, 0.717) is 19.2 Å². The van der Waals surface area contributed by atoms with Crippen molar-refractivity contribution in [3.05, 3.63) is 0 Å². The van der Waals surface area contributed by atoms with Gasteiger partial charge in [-0.25, -0.2) is 0 Å². The Balaban J connectivity index is 4.03. The molecule has 0 aliphatic heterocycles. The van der Waals surface area contributed by atoms with Crippen molar-refractivity contribution in [2.75, 3.05) is 19.7 Å². The molecule has 4 heteroatoms. The van der Waals surface area contributed by atoms with Crippen LogP contribution in [0.1, 0.15) is 53.9 Å². The van der Waals surface area contributed by atoms with Gasteiger partial charge in [0.25, 0.3) is 0 Å². The first-order valence-electron chi connectivity index (χ1n) is 7.13. The second-order valence-corrected chi connectivity index (χ2v) is 5.82. The normalized spacial score (nSPS) is 11.7. The van der Waals surface area contributed by atoms with Crippen LogP contribution in [-0.4, -0.2) is 36.6 Å². The van der Waals surface area contributed by atoms with E-state index in [9.17, 15) is 4.79 Å². The zero-order valence-corrected chi connectivity index (χ0v) is 13.0. The molecule has 0 saturated carbocycles. The van der Waals surface area contributed by atoms with Crippen molar-refractivity contribution in [1.82, 2.24) is 4.90 Å². The average Bonchev–Trinajstić information content (AvgIpc) is 2.33. The first-order chi connectivity index (χ1) is 8.82. The first kappa shape index (κ1) is 17.9. The monoisotopic (exact) mass is 268 g/mol. The Morgan fingerprint density at radius 3 is 2.47 bits per heavy atom. The van der Waals surface area contributed by atoms with Crippen LogP contribution >= 0.6 is 0 Å². The molecule has 4 nitrogen and oxygen atoms in total. The maximum atomic E-state index is 11.5. The van der Waals surface area contributed by atoms with E-state index in [2.05, 4.69) is 24.8 Å². The van der Waals surface area contributed by atoms with Gasteiger partial charge in [-0.3, -0.25) is 9.69 Å². The molecule has 0 spiro atoms. The molecular weight excluding hydrogens is 240 g/mol. The van der Waals surface area contributed by atoms with Crippen LogP contribution < -0.4 is 0 Å². The summed E-state index contributed by atoms with van der Waals surface area (Å²) in [5.41, 5.74) is -0.246. The van der Waals surface area contributed by atoms with Gasteiger partial charge in [0.1, 0.15) is 0 Å². The van der Waals surface area contributed by atoms with Gasteiger partial charge in [0.15, 0.2) is 0 Å². The van der Waals surface area contributed by atoms with Crippen molar-refractivity contribution in [1.29, 1.82) is 5.26 Å². The van der Waals surface area contributed by atoms with Crippen LogP contribution in [0.3, 0.4) is 0 Å². The topological polar surface area (TPSA) is 53.3 Å². The van der Waals surface area contributed by atoms with Gasteiger partial charge in [0.05, 0.1) is 24.6 Å². The molecule has 0 radical (unpaired) electrons. The zero-order chi connectivity index (χ0) is 14.9. The fourth-order valence-electron chi connectivity index (χ4n) is 1.83. The predicted molar refractivity (Wildman–Crippen MR) is 76.6 cm³/mol. The van der Waals surface area contributed by atoms with Gasteiger partial charge < -0.3 is 4.74 Å². The highest BCUT2D eigenvalue weighted by molar-refractivity contribution is 5.71. The van der Waals surface area contributed by atoms with E-state index >= 15 is 0 Å². The summed E-state index contributed by atoms with van der Waals surface area (Å²) >= 11 is 0. The third-order valence-electron chi connectivity index (χ3n) is 3.17. The lowest BCUT2D eigenvalue weighted by Gasteiger charge is -2.25. The van der Waals surface area contributed by atoms with Crippen LogP contribution in [0, 0.1) is 16.7 Å². The minimum Gasteiger partial charge on any atom is -0.465 e. The molecule has 0 saturated heterocycles. The smallest absolute Gasteiger partial charge is 0.320 e. The largest absolute Gasteiger partial charge is 0.465 e. The fraction of sp³-hybridized carbons (Fsp3) is 0.867. The van der Waals surface area contributed by atoms with Gasteiger partial charge in [-0.05, 0) is 54.0 Å². The summed E-state index contributed by atoms with van der Waals surface area (Å²) in [6.07, 6.45) is 2.91. The number of unbranched alkanes of at least 4 members (excludes halogenated alkanes) is 1. The van der Waals surface area contributed by atoms with Crippen molar-refractivity contribution in [2.24, 2.45) is 5.41 Å². The molecule has 0 N–H and O–H groups in total. The Morgan fingerprint density at radius 2 is 2.00 bits per heavy atom. The van der Waals surface area contributed by atoms with E-state index in [0.717, 1.165) is 25.8 Å². The van der Waals surface area contributed by atoms with Crippen LogP contribution in [0.15, 0.2) is 0 Å². The number of esters is 1. The van der Waals surface area contributed by atoms with E-state index in [1.807, 2.05) is 20.8 Å². The summed E-state index contributed by atoms with van der Waals surface area (Å²) in [6.45, 7) is 11.6. The van der Waals surface area contributed by atoms with Gasteiger partial charge in [-0.1, -0.05) is 6.42 Å². The van der Waals surface area contributed by atoms with E-state index in [1.165, 1.54) is 0 Å². The van der Waals surface area contributed by atoms with Crippen molar-refractivity contribution >= 4 is 5.97 Å². The number of rotatable bonds is 9. The summed E-state index contributed by atoms with van der Waals surface area (Å²) < 4.78 is 4.98. The maximum Gasteiger partial charge on any atom is 0.320 e. The van der Waals surface area contributed by atoms with E-state index in [4.69, 9.17) is 10.00 Å². The average molecular weight is 268 g/mol. The molecule has 0 amide bonds. The van der Waals surface area contributed by atoms with E-state index < -0.39 is 0 Å². The highest BCUT2D eigenvalue weighted by Crippen LogP contribution is 2.21. The van der Waals surface area contributed by atoms with Crippen LogP contribution in [0.5, 0.6) is 0 Å². The Labute approximate surface area is 117 Å². The molecule has 110 valence electrons. The fourth-order valence-corrected chi connectivity index (χ4v) is 1.83. The van der Waals surface area contributed by atoms with Crippen molar-refractivity contribution in [3.63, 3.8) is 0 Å². The standard InChI is InChI=1S/C15H28N2O2/c1-6-19-14(18)11-17(13(2)3)10-8-7-9-15(4,5)12-16/h13H,6-11H2,1-5H3. The Bertz CT molecular complexity index is 306. The molecule has 0 aliphatic carbocycles. The number of hydrogen-bond acceptors (Lipinski definition) is 4. The van der Waals surface area contributed by atoms with E-state index in [-0.39, 0.29) is 11.4 Å². The number of nitriles is 1. The minimum absolute atomic E-state index is 0.159. The molecule has 0 rings (SSSR count). The SMILES string of the molecule is CCOC(=O)CN(CCCCC(C)(C)C#N)C(C)C. The summed E-state index contributed by atoms with van der Waals surface area (Å²) in [4.78, 5) is 13.6. The van der Waals surface area contributed by atoms with Crippen LogP contribution in [-0.2, 0) is 9.53 Å². The molecule has 0 fully saturated rings. The summed E-state index contributed by atoms with van der Waals surface area (Å²) in [5.74, 6) is -0.159. The van der Waals surface area contributed by atoms with Gasteiger partial charge in [0, 0.05) is 6.04 Å². The molecule has 0 aromatic rings. The Morgan fingerprint density at radius 1 is 1.37 bits per heavy atom. The number of nitrogens with zero attached hydrogens (tertiary/aromatic N) is 2. The molecular formula is C15H28N2O2. The van der Waals surface area contributed by atoms with Crippen molar-refractivity contribution < 1.29 is 9.53 Å². The Kier molecular flexibility index (Phi) is 8.42. The molecule has 0 unspecified atom stereocenters. The minimum atomic E-state index is -0.246. The van der Waals surface area contributed by atoms with Gasteiger partial charge in [0.2, 0.25) is 0 Å². The van der Waals surface area contributed by atoms with Crippen LogP contribution in [0.25, 0.3) is 0 Å². The lowest BCUT2D eigenvalue weighted by Crippen LogP contribution is -2.37. The quantitative estimate of drug-likeness (QED) is 0.476. The van der Waals surface area contributed by atoms with Crippen LogP contribution in [0.2, 0.25) is 0 Å².